The van der Waals surface area contributed by atoms with E-state index < -0.39 is 20.0 Å². The summed E-state index contributed by atoms with van der Waals surface area (Å²) in [6.07, 6.45) is 57.1. The van der Waals surface area contributed by atoms with Crippen LogP contribution in [-0.4, -0.2) is 68.5 Å². The molecule has 0 aromatic heterocycles. The minimum Gasteiger partial charge on any atom is -0.756 e. The first kappa shape index (κ1) is 63.2. The average molecular weight is 927 g/mol. The van der Waals surface area contributed by atoms with Gasteiger partial charge in [-0.15, -0.1) is 0 Å². The number of carbonyl (C=O) groups excluding carboxylic acids is 1. The third-order valence-electron chi connectivity index (χ3n) is 13.0. The largest absolute Gasteiger partial charge is 0.756 e. The number of amides is 1. The van der Waals surface area contributed by atoms with Gasteiger partial charge < -0.3 is 28.8 Å². The van der Waals surface area contributed by atoms with E-state index in [0.717, 1.165) is 38.5 Å². The molecule has 0 saturated heterocycles. The Balaban J connectivity index is 4.17. The molecule has 3 atom stereocenters. The summed E-state index contributed by atoms with van der Waals surface area (Å²) in [5, 5.41) is 13.9. The van der Waals surface area contributed by atoms with Gasteiger partial charge in [-0.1, -0.05) is 270 Å². The second-order valence-corrected chi connectivity index (χ2v) is 22.1. The van der Waals surface area contributed by atoms with E-state index in [-0.39, 0.29) is 19.1 Å². The smallest absolute Gasteiger partial charge is 0.268 e. The molecule has 8 nitrogen and oxygen atoms in total. The van der Waals surface area contributed by atoms with Crippen molar-refractivity contribution < 1.29 is 32.9 Å². The van der Waals surface area contributed by atoms with Gasteiger partial charge in [0.2, 0.25) is 5.91 Å². The van der Waals surface area contributed by atoms with E-state index in [1.54, 1.807) is 6.08 Å². The molecule has 0 bridgehead atoms. The maximum Gasteiger partial charge on any atom is 0.268 e. The SMILES string of the molecule is CCCCCCCCCCCCCCCCCCCCCCCCCC/C=C/C(O)C(COP(=O)([O-])OCC[N+](C)(C)C)NC(=O)CCCCCCCCCCCCCCCCCC. The lowest BCUT2D eigenvalue weighted by molar-refractivity contribution is -0.870. The number of phosphoric ester groups is 1. The van der Waals surface area contributed by atoms with Crippen molar-refractivity contribution >= 4 is 13.7 Å². The maximum absolute atomic E-state index is 12.9. The first-order valence-corrected chi connectivity index (χ1v) is 29.5. The van der Waals surface area contributed by atoms with Crippen molar-refractivity contribution in [3.63, 3.8) is 0 Å². The van der Waals surface area contributed by atoms with Crippen molar-refractivity contribution in [2.24, 2.45) is 0 Å². The molecule has 0 spiro atoms. The van der Waals surface area contributed by atoms with Crippen LogP contribution >= 0.6 is 7.82 Å². The van der Waals surface area contributed by atoms with Crippen molar-refractivity contribution in [2.45, 2.75) is 296 Å². The number of aliphatic hydroxyl groups is 1. The zero-order valence-corrected chi connectivity index (χ0v) is 44.4. The van der Waals surface area contributed by atoms with Gasteiger partial charge in [0, 0.05) is 6.42 Å². The molecule has 0 aromatic rings. The van der Waals surface area contributed by atoms with Gasteiger partial charge >= 0.3 is 0 Å². The Hall–Kier alpha value is -0.760. The van der Waals surface area contributed by atoms with E-state index in [1.165, 1.54) is 225 Å². The zero-order valence-electron chi connectivity index (χ0n) is 43.5. The zero-order chi connectivity index (χ0) is 47.1. The van der Waals surface area contributed by atoms with Gasteiger partial charge in [-0.05, 0) is 19.3 Å². The van der Waals surface area contributed by atoms with Crippen LogP contribution in [0.5, 0.6) is 0 Å². The minimum atomic E-state index is -4.59. The monoisotopic (exact) mass is 927 g/mol. The van der Waals surface area contributed by atoms with E-state index in [4.69, 9.17) is 9.05 Å². The molecule has 1 amide bonds. The molecule has 0 heterocycles. The topological polar surface area (TPSA) is 108 Å². The number of nitrogens with one attached hydrogen (secondary N) is 1. The van der Waals surface area contributed by atoms with Crippen molar-refractivity contribution in [3.8, 4) is 0 Å². The molecule has 0 radical (unpaired) electrons. The number of hydrogen-bond acceptors (Lipinski definition) is 6. The first-order valence-electron chi connectivity index (χ1n) is 28.1. The fourth-order valence-electron chi connectivity index (χ4n) is 8.57. The number of nitrogens with zero attached hydrogens (tertiary/aromatic N) is 1. The van der Waals surface area contributed by atoms with Crippen LogP contribution in [-0.2, 0) is 18.4 Å². The molecule has 3 unspecified atom stereocenters. The van der Waals surface area contributed by atoms with Crippen LogP contribution in [0.25, 0.3) is 0 Å². The first-order chi connectivity index (χ1) is 31.0. The van der Waals surface area contributed by atoms with Crippen LogP contribution < -0.4 is 10.2 Å². The number of hydrogen-bond donors (Lipinski definition) is 2. The van der Waals surface area contributed by atoms with Crippen LogP contribution in [0, 0.1) is 0 Å². The second-order valence-electron chi connectivity index (χ2n) is 20.7. The van der Waals surface area contributed by atoms with Crippen molar-refractivity contribution in [2.75, 3.05) is 40.9 Å². The Morgan fingerprint density at radius 3 is 1.17 bits per heavy atom. The van der Waals surface area contributed by atoms with E-state index in [2.05, 4.69) is 19.2 Å². The molecule has 0 aliphatic rings. The number of allylic oxidation sites excluding steroid dienone is 1. The molecule has 0 rings (SSSR count). The standard InChI is InChI=1S/C55H111N2O6P/c1-6-8-10-12-14-16-18-20-22-24-25-26-27-28-29-30-31-32-33-34-36-38-40-42-44-46-48-54(58)53(52-63-64(60,61)62-51-50-57(3,4)5)56-55(59)49-47-45-43-41-39-37-35-23-21-19-17-15-13-11-9-7-2/h46,48,53-54,58H,6-45,47,49-52H2,1-5H3,(H-,56,59,60,61)/b48-46+. The molecular weight excluding hydrogens is 816 g/mol. The van der Waals surface area contributed by atoms with Gasteiger partial charge in [-0.3, -0.25) is 9.36 Å². The summed E-state index contributed by atoms with van der Waals surface area (Å²) >= 11 is 0. The summed E-state index contributed by atoms with van der Waals surface area (Å²) in [6.45, 7) is 4.69. The highest BCUT2D eigenvalue weighted by Gasteiger charge is 2.23. The van der Waals surface area contributed by atoms with Gasteiger partial charge in [0.15, 0.2) is 0 Å². The van der Waals surface area contributed by atoms with E-state index >= 15 is 0 Å². The van der Waals surface area contributed by atoms with Crippen LogP contribution in [0.1, 0.15) is 284 Å². The summed E-state index contributed by atoms with van der Waals surface area (Å²) in [5.41, 5.74) is 0. The van der Waals surface area contributed by atoms with Crippen LogP contribution in [0.3, 0.4) is 0 Å². The van der Waals surface area contributed by atoms with Gasteiger partial charge in [-0.25, -0.2) is 0 Å². The summed E-state index contributed by atoms with van der Waals surface area (Å²) in [5.74, 6) is -0.192. The number of quaternary nitrogens is 1. The van der Waals surface area contributed by atoms with Gasteiger partial charge in [0.25, 0.3) is 7.82 Å². The molecule has 0 fully saturated rings. The lowest BCUT2D eigenvalue weighted by Crippen LogP contribution is -2.45. The second kappa shape index (κ2) is 47.3. The fraction of sp³-hybridized carbons (Fsp3) is 0.945. The van der Waals surface area contributed by atoms with Crippen molar-refractivity contribution in [3.05, 3.63) is 12.2 Å². The molecule has 0 aliphatic carbocycles. The summed E-state index contributed by atoms with van der Waals surface area (Å²) in [4.78, 5) is 25.4. The predicted molar refractivity (Wildman–Crippen MR) is 275 cm³/mol. The highest BCUT2D eigenvalue weighted by molar-refractivity contribution is 7.45. The third kappa shape index (κ3) is 49.2. The maximum atomic E-state index is 12.9. The molecule has 0 saturated carbocycles. The molecule has 9 heteroatoms. The number of aliphatic hydroxyl groups excluding tert-OH is 1. The fourth-order valence-corrected chi connectivity index (χ4v) is 9.29. The molecule has 382 valence electrons. The molecular formula is C55H111N2O6P. The summed E-state index contributed by atoms with van der Waals surface area (Å²) < 4.78 is 23.3. The van der Waals surface area contributed by atoms with Gasteiger partial charge in [0.05, 0.1) is 39.9 Å². The predicted octanol–water partition coefficient (Wildman–Crippen LogP) is 16.0. The average Bonchev–Trinajstić information content (AvgIpc) is 3.25. The third-order valence-corrected chi connectivity index (χ3v) is 14.0. The lowest BCUT2D eigenvalue weighted by atomic mass is 10.0. The van der Waals surface area contributed by atoms with Crippen molar-refractivity contribution in [1.29, 1.82) is 0 Å². The normalized spacial score (nSPS) is 14.0. The van der Waals surface area contributed by atoms with Gasteiger partial charge in [-0.2, -0.15) is 0 Å². The molecule has 0 aromatic carbocycles. The Morgan fingerprint density at radius 1 is 0.531 bits per heavy atom. The van der Waals surface area contributed by atoms with E-state index in [9.17, 15) is 19.4 Å². The van der Waals surface area contributed by atoms with Crippen LogP contribution in [0.2, 0.25) is 0 Å². The van der Waals surface area contributed by atoms with E-state index in [0.29, 0.717) is 17.4 Å². The Kier molecular flexibility index (Phi) is 46.8. The van der Waals surface area contributed by atoms with Gasteiger partial charge in [0.1, 0.15) is 13.2 Å². The summed E-state index contributed by atoms with van der Waals surface area (Å²) in [7, 11) is 1.28. The lowest BCUT2D eigenvalue weighted by Gasteiger charge is -2.29. The Bertz CT molecular complexity index is 1050. The summed E-state index contributed by atoms with van der Waals surface area (Å²) in [6, 6.07) is -0.881. The molecule has 2 N–H and O–H groups in total. The van der Waals surface area contributed by atoms with E-state index in [1.807, 2.05) is 27.2 Å². The highest BCUT2D eigenvalue weighted by atomic mass is 31.2. The Labute approximate surface area is 399 Å². The number of carbonyl (C=O) groups is 1. The minimum absolute atomic E-state index is 0.00258. The number of unbranched alkanes of at least 4 members (excludes halogenated alkanes) is 39. The number of rotatable bonds is 52. The molecule has 64 heavy (non-hydrogen) atoms. The highest BCUT2D eigenvalue weighted by Crippen LogP contribution is 2.38. The Morgan fingerprint density at radius 2 is 0.844 bits per heavy atom. The van der Waals surface area contributed by atoms with Crippen LogP contribution in [0.4, 0.5) is 0 Å². The number of phosphoric acid groups is 1. The molecule has 0 aliphatic heterocycles. The van der Waals surface area contributed by atoms with Crippen molar-refractivity contribution in [1.82, 2.24) is 5.32 Å². The quantitative estimate of drug-likeness (QED) is 0.0272. The number of likely N-dealkylation sites (N-methyl/N-ethyl adjacent to an activating group) is 1. The van der Waals surface area contributed by atoms with Crippen LogP contribution in [0.15, 0.2) is 12.2 Å².